The molecule has 0 bridgehead atoms. The smallest absolute Gasteiger partial charge is 0.327 e. The summed E-state index contributed by atoms with van der Waals surface area (Å²) in [4.78, 5) is 11.6. The third-order valence-corrected chi connectivity index (χ3v) is 3.53. The maximum Gasteiger partial charge on any atom is 0.327 e. The number of carbonyl (C=O) groups is 1. The zero-order valence-electron chi connectivity index (χ0n) is 12.4. The summed E-state index contributed by atoms with van der Waals surface area (Å²) in [5, 5.41) is 5.57. The van der Waals surface area contributed by atoms with E-state index in [2.05, 4.69) is 5.10 Å². The first-order chi connectivity index (χ1) is 10.7. The van der Waals surface area contributed by atoms with E-state index in [1.54, 1.807) is 11.8 Å². The monoisotopic (exact) mass is 296 g/mol. The van der Waals surface area contributed by atoms with E-state index in [0.717, 1.165) is 27.9 Å². The molecule has 1 heterocycles. The fraction of sp³-hybridized carbons (Fsp3) is 0.176. The number of hydrogen-bond acceptors (Lipinski definition) is 4. The van der Waals surface area contributed by atoms with Crippen molar-refractivity contribution in [2.45, 2.75) is 6.54 Å². The fourth-order valence-electron chi connectivity index (χ4n) is 2.40. The zero-order valence-corrected chi connectivity index (χ0v) is 12.4. The molecule has 2 aromatic carbocycles. The van der Waals surface area contributed by atoms with Gasteiger partial charge in [-0.25, -0.2) is 0 Å². The molecule has 0 saturated heterocycles. The molecule has 0 radical (unpaired) electrons. The van der Waals surface area contributed by atoms with Gasteiger partial charge >= 0.3 is 5.97 Å². The number of carbonyl (C=O) groups excluding carboxylic acids is 1. The van der Waals surface area contributed by atoms with Crippen LogP contribution in [-0.2, 0) is 16.1 Å². The predicted molar refractivity (Wildman–Crippen MR) is 83.7 cm³/mol. The van der Waals surface area contributed by atoms with E-state index in [1.807, 2.05) is 48.5 Å². The zero-order chi connectivity index (χ0) is 15.5. The second-order valence-electron chi connectivity index (χ2n) is 4.83. The quantitative estimate of drug-likeness (QED) is 0.695. The van der Waals surface area contributed by atoms with Gasteiger partial charge in [0.2, 0.25) is 0 Å². The number of esters is 1. The highest BCUT2D eigenvalue weighted by molar-refractivity contribution is 5.93. The van der Waals surface area contributed by atoms with Gasteiger partial charge in [0.25, 0.3) is 0 Å². The van der Waals surface area contributed by atoms with Crippen LogP contribution in [0.25, 0.3) is 22.2 Å². The van der Waals surface area contributed by atoms with E-state index in [9.17, 15) is 4.79 Å². The van der Waals surface area contributed by atoms with E-state index in [1.165, 1.54) is 7.11 Å². The van der Waals surface area contributed by atoms with Gasteiger partial charge in [-0.15, -0.1) is 0 Å². The number of nitrogens with zero attached hydrogens (tertiary/aromatic N) is 2. The van der Waals surface area contributed by atoms with Crippen LogP contribution in [0.5, 0.6) is 5.75 Å². The molecule has 5 nitrogen and oxygen atoms in total. The lowest BCUT2D eigenvalue weighted by Gasteiger charge is -2.01. The summed E-state index contributed by atoms with van der Waals surface area (Å²) in [7, 11) is 3.01. The van der Waals surface area contributed by atoms with Crippen LogP contribution in [-0.4, -0.2) is 30.0 Å². The summed E-state index contributed by atoms with van der Waals surface area (Å²) in [6, 6.07) is 15.5. The third-order valence-electron chi connectivity index (χ3n) is 3.53. The van der Waals surface area contributed by atoms with Crippen LogP contribution < -0.4 is 4.74 Å². The largest absolute Gasteiger partial charge is 0.497 e. The van der Waals surface area contributed by atoms with Crippen molar-refractivity contribution in [1.82, 2.24) is 9.78 Å². The summed E-state index contributed by atoms with van der Waals surface area (Å²) < 4.78 is 11.6. The number of hydrogen-bond donors (Lipinski definition) is 0. The number of aromatic nitrogens is 2. The van der Waals surface area contributed by atoms with Gasteiger partial charge < -0.3 is 9.47 Å². The molecule has 0 fully saturated rings. The Bertz CT molecular complexity index is 806. The lowest BCUT2D eigenvalue weighted by atomic mass is 10.1. The minimum atomic E-state index is -0.325. The van der Waals surface area contributed by atoms with Crippen LogP contribution in [0, 0.1) is 0 Å². The number of ether oxygens (including phenoxy) is 2. The molecule has 5 heteroatoms. The normalized spacial score (nSPS) is 10.6. The van der Waals surface area contributed by atoms with Gasteiger partial charge in [-0.05, 0) is 30.3 Å². The van der Waals surface area contributed by atoms with Crippen molar-refractivity contribution in [2.75, 3.05) is 14.2 Å². The number of fused-ring (bicyclic) bond motifs is 1. The Morgan fingerprint density at radius 2 is 1.82 bits per heavy atom. The van der Waals surface area contributed by atoms with Crippen molar-refractivity contribution in [3.05, 3.63) is 48.5 Å². The Morgan fingerprint density at radius 1 is 1.09 bits per heavy atom. The van der Waals surface area contributed by atoms with Crippen LogP contribution in [0.3, 0.4) is 0 Å². The maximum atomic E-state index is 11.6. The molecule has 0 amide bonds. The van der Waals surface area contributed by atoms with Gasteiger partial charge in [-0.2, -0.15) is 5.10 Å². The predicted octanol–water partition coefficient (Wildman–Crippen LogP) is 2.88. The van der Waals surface area contributed by atoms with Gasteiger partial charge in [0.1, 0.15) is 18.0 Å². The summed E-state index contributed by atoms with van der Waals surface area (Å²) >= 11 is 0. The van der Waals surface area contributed by atoms with Crippen LogP contribution in [0.15, 0.2) is 48.5 Å². The van der Waals surface area contributed by atoms with Crippen LogP contribution >= 0.6 is 0 Å². The van der Waals surface area contributed by atoms with Crippen molar-refractivity contribution >= 4 is 16.9 Å². The van der Waals surface area contributed by atoms with E-state index in [0.29, 0.717) is 0 Å². The summed E-state index contributed by atoms with van der Waals surface area (Å²) in [5.74, 6) is 0.469. The van der Waals surface area contributed by atoms with Gasteiger partial charge in [0.15, 0.2) is 0 Å². The summed E-state index contributed by atoms with van der Waals surface area (Å²) in [5.41, 5.74) is 2.71. The molecule has 3 rings (SSSR count). The van der Waals surface area contributed by atoms with E-state index in [-0.39, 0.29) is 12.5 Å². The van der Waals surface area contributed by atoms with E-state index < -0.39 is 0 Å². The first kappa shape index (κ1) is 14.1. The second-order valence-corrected chi connectivity index (χ2v) is 4.83. The Kier molecular flexibility index (Phi) is 3.78. The molecule has 0 aliphatic rings. The van der Waals surface area contributed by atoms with Gasteiger partial charge in [-0.3, -0.25) is 9.48 Å². The minimum absolute atomic E-state index is 0.0904. The molecule has 112 valence electrons. The molecular formula is C17H16N2O3. The number of rotatable bonds is 4. The average Bonchev–Trinajstić information content (AvgIpc) is 2.93. The van der Waals surface area contributed by atoms with Crippen LogP contribution in [0.2, 0.25) is 0 Å². The van der Waals surface area contributed by atoms with E-state index in [4.69, 9.17) is 9.47 Å². The highest BCUT2D eigenvalue weighted by atomic mass is 16.5. The average molecular weight is 296 g/mol. The van der Waals surface area contributed by atoms with Gasteiger partial charge in [0.05, 0.1) is 19.7 Å². The molecule has 0 atom stereocenters. The summed E-state index contributed by atoms with van der Waals surface area (Å²) in [6.07, 6.45) is 0. The molecule has 0 spiro atoms. The highest BCUT2D eigenvalue weighted by Gasteiger charge is 2.14. The van der Waals surface area contributed by atoms with Crippen molar-refractivity contribution in [3.8, 4) is 17.0 Å². The molecule has 0 unspecified atom stereocenters. The second kappa shape index (κ2) is 5.89. The number of para-hydroxylation sites is 1. The molecule has 1 aromatic heterocycles. The first-order valence-corrected chi connectivity index (χ1v) is 6.89. The topological polar surface area (TPSA) is 53.4 Å². The van der Waals surface area contributed by atoms with E-state index >= 15 is 0 Å². The standard InChI is InChI=1S/C17H16N2O3/c1-21-13-9-7-12(8-10-13)17-14-5-3-4-6-15(14)19(18-17)11-16(20)22-2/h3-10H,11H2,1-2H3. The Morgan fingerprint density at radius 3 is 2.50 bits per heavy atom. The first-order valence-electron chi connectivity index (χ1n) is 6.89. The number of methoxy groups -OCH3 is 2. The molecule has 22 heavy (non-hydrogen) atoms. The van der Waals surface area contributed by atoms with Crippen molar-refractivity contribution < 1.29 is 14.3 Å². The third kappa shape index (κ3) is 2.53. The lowest BCUT2D eigenvalue weighted by molar-refractivity contribution is -0.141. The molecule has 0 saturated carbocycles. The SMILES string of the molecule is COC(=O)Cn1nc(-c2ccc(OC)cc2)c2ccccc21. The molecule has 0 aliphatic carbocycles. The van der Waals surface area contributed by atoms with Crippen molar-refractivity contribution in [3.63, 3.8) is 0 Å². The maximum absolute atomic E-state index is 11.6. The van der Waals surface area contributed by atoms with Gasteiger partial charge in [-0.1, -0.05) is 18.2 Å². The lowest BCUT2D eigenvalue weighted by Crippen LogP contribution is -2.12. The Labute approximate surface area is 128 Å². The Hall–Kier alpha value is -2.82. The molecule has 0 aliphatic heterocycles. The van der Waals surface area contributed by atoms with Gasteiger partial charge in [0, 0.05) is 10.9 Å². The molecule has 3 aromatic rings. The fourth-order valence-corrected chi connectivity index (χ4v) is 2.40. The van der Waals surface area contributed by atoms with Crippen LogP contribution in [0.1, 0.15) is 0 Å². The van der Waals surface area contributed by atoms with Crippen molar-refractivity contribution in [2.24, 2.45) is 0 Å². The van der Waals surface area contributed by atoms with Crippen molar-refractivity contribution in [1.29, 1.82) is 0 Å². The number of benzene rings is 2. The van der Waals surface area contributed by atoms with Crippen LogP contribution in [0.4, 0.5) is 0 Å². The molecule has 0 N–H and O–H groups in total. The minimum Gasteiger partial charge on any atom is -0.497 e. The molecular weight excluding hydrogens is 280 g/mol. The Balaban J connectivity index is 2.10. The highest BCUT2D eigenvalue weighted by Crippen LogP contribution is 2.29. The summed E-state index contributed by atoms with van der Waals surface area (Å²) in [6.45, 7) is 0.0904.